The molecule has 0 fully saturated rings. The Hall–Kier alpha value is -1.94. The van der Waals surface area contributed by atoms with Crippen molar-refractivity contribution in [3.05, 3.63) is 41.7 Å². The summed E-state index contributed by atoms with van der Waals surface area (Å²) in [6.45, 7) is 0. The van der Waals surface area contributed by atoms with Crippen LogP contribution in [-0.2, 0) is 0 Å². The molecule has 0 atom stereocenters. The van der Waals surface area contributed by atoms with E-state index < -0.39 is 0 Å². The lowest BCUT2D eigenvalue weighted by Crippen LogP contribution is -1.80. The Kier molecular flexibility index (Phi) is 2.08. The molecular weight excluding hydrogens is 226 g/mol. The minimum absolute atomic E-state index is 0.449. The van der Waals surface area contributed by atoms with E-state index >= 15 is 0 Å². The van der Waals surface area contributed by atoms with Gasteiger partial charge in [-0.2, -0.15) is 0 Å². The predicted octanol–water partition coefficient (Wildman–Crippen LogP) is 2.94. The fraction of sp³-hybridized carbons (Fsp3) is 0. The summed E-state index contributed by atoms with van der Waals surface area (Å²) in [6.07, 6.45) is 3.21. The lowest BCUT2D eigenvalue weighted by Gasteiger charge is -1.90. The van der Waals surface area contributed by atoms with Crippen molar-refractivity contribution in [3.8, 4) is 11.6 Å². The van der Waals surface area contributed by atoms with E-state index in [1.165, 1.54) is 6.20 Å². The SMILES string of the molecule is Clc1cnc2oc(-c3ccccn3)nc2c1. The van der Waals surface area contributed by atoms with Crippen LogP contribution in [-0.4, -0.2) is 15.0 Å². The van der Waals surface area contributed by atoms with Crippen LogP contribution in [0.2, 0.25) is 5.02 Å². The van der Waals surface area contributed by atoms with Gasteiger partial charge in [0.25, 0.3) is 0 Å². The van der Waals surface area contributed by atoms with Gasteiger partial charge in [-0.25, -0.2) is 9.97 Å². The van der Waals surface area contributed by atoms with Crippen molar-refractivity contribution < 1.29 is 4.42 Å². The lowest BCUT2D eigenvalue weighted by atomic mass is 10.3. The minimum atomic E-state index is 0.449. The van der Waals surface area contributed by atoms with Gasteiger partial charge >= 0.3 is 0 Å². The molecule has 3 aromatic heterocycles. The van der Waals surface area contributed by atoms with Gasteiger partial charge in [-0.05, 0) is 18.2 Å². The summed E-state index contributed by atoms with van der Waals surface area (Å²) in [5, 5.41) is 0.536. The summed E-state index contributed by atoms with van der Waals surface area (Å²) in [5.74, 6) is 0.449. The molecule has 0 unspecified atom stereocenters. The Morgan fingerprint density at radius 3 is 2.94 bits per heavy atom. The number of rotatable bonds is 1. The smallest absolute Gasteiger partial charge is 0.248 e. The topological polar surface area (TPSA) is 51.8 Å². The van der Waals surface area contributed by atoms with Gasteiger partial charge < -0.3 is 4.42 Å². The van der Waals surface area contributed by atoms with Gasteiger partial charge in [0.05, 0.1) is 5.02 Å². The Balaban J connectivity index is 2.19. The number of fused-ring (bicyclic) bond motifs is 1. The summed E-state index contributed by atoms with van der Waals surface area (Å²) in [5.41, 5.74) is 1.77. The highest BCUT2D eigenvalue weighted by Gasteiger charge is 2.09. The number of pyridine rings is 2. The van der Waals surface area contributed by atoms with Crippen molar-refractivity contribution in [2.45, 2.75) is 0 Å². The number of oxazole rings is 1. The van der Waals surface area contributed by atoms with Crippen molar-refractivity contribution in [1.29, 1.82) is 0 Å². The molecule has 0 aromatic carbocycles. The molecule has 0 saturated carbocycles. The zero-order chi connectivity index (χ0) is 11.0. The van der Waals surface area contributed by atoms with Gasteiger partial charge in [0, 0.05) is 12.4 Å². The highest BCUT2D eigenvalue weighted by molar-refractivity contribution is 6.30. The summed E-state index contributed by atoms with van der Waals surface area (Å²) in [4.78, 5) is 12.5. The molecule has 5 heteroatoms. The average Bonchev–Trinajstić information content (AvgIpc) is 2.73. The van der Waals surface area contributed by atoms with Crippen LogP contribution in [0.4, 0.5) is 0 Å². The predicted molar refractivity (Wildman–Crippen MR) is 60.0 cm³/mol. The molecule has 3 rings (SSSR count). The highest BCUT2D eigenvalue weighted by Crippen LogP contribution is 2.22. The fourth-order valence-electron chi connectivity index (χ4n) is 1.40. The molecule has 3 aromatic rings. The van der Waals surface area contributed by atoms with E-state index in [1.54, 1.807) is 12.3 Å². The van der Waals surface area contributed by atoms with E-state index in [0.717, 1.165) is 0 Å². The van der Waals surface area contributed by atoms with E-state index in [0.29, 0.717) is 27.8 Å². The molecule has 0 aliphatic heterocycles. The summed E-state index contributed by atoms with van der Waals surface area (Å²) in [6, 6.07) is 7.24. The largest absolute Gasteiger partial charge is 0.416 e. The van der Waals surface area contributed by atoms with Crippen LogP contribution in [0.15, 0.2) is 41.1 Å². The molecular formula is C11H6ClN3O. The van der Waals surface area contributed by atoms with E-state index in [-0.39, 0.29) is 0 Å². The molecule has 0 amide bonds. The maximum atomic E-state index is 5.81. The normalized spacial score (nSPS) is 10.8. The first-order valence-corrected chi connectivity index (χ1v) is 5.04. The quantitative estimate of drug-likeness (QED) is 0.646. The molecule has 16 heavy (non-hydrogen) atoms. The van der Waals surface area contributed by atoms with Crippen LogP contribution in [0.1, 0.15) is 0 Å². The Bertz CT molecular complexity index is 636. The number of nitrogens with zero attached hydrogens (tertiary/aromatic N) is 3. The zero-order valence-corrected chi connectivity index (χ0v) is 8.85. The fourth-order valence-corrected chi connectivity index (χ4v) is 1.55. The summed E-state index contributed by atoms with van der Waals surface area (Å²) < 4.78 is 5.47. The summed E-state index contributed by atoms with van der Waals surface area (Å²) in [7, 11) is 0. The second kappa shape index (κ2) is 3.57. The van der Waals surface area contributed by atoms with Crippen molar-refractivity contribution in [2.24, 2.45) is 0 Å². The molecule has 0 radical (unpaired) electrons. The van der Waals surface area contributed by atoms with E-state index in [9.17, 15) is 0 Å². The molecule has 3 heterocycles. The third-order valence-electron chi connectivity index (χ3n) is 2.10. The molecule has 0 N–H and O–H groups in total. The highest BCUT2D eigenvalue weighted by atomic mass is 35.5. The number of halogens is 1. The number of hydrogen-bond acceptors (Lipinski definition) is 4. The van der Waals surface area contributed by atoms with Crippen LogP contribution in [0.3, 0.4) is 0 Å². The summed E-state index contributed by atoms with van der Waals surface area (Å²) >= 11 is 5.81. The van der Waals surface area contributed by atoms with Crippen molar-refractivity contribution >= 4 is 22.8 Å². The molecule has 0 aliphatic rings. The van der Waals surface area contributed by atoms with E-state index in [2.05, 4.69) is 15.0 Å². The van der Waals surface area contributed by atoms with Gasteiger partial charge in [-0.15, -0.1) is 0 Å². The first kappa shape index (κ1) is 9.30. The monoisotopic (exact) mass is 231 g/mol. The van der Waals surface area contributed by atoms with E-state index in [1.807, 2.05) is 18.2 Å². The molecule has 0 aliphatic carbocycles. The van der Waals surface area contributed by atoms with Crippen molar-refractivity contribution in [2.75, 3.05) is 0 Å². The molecule has 0 saturated heterocycles. The maximum absolute atomic E-state index is 5.81. The minimum Gasteiger partial charge on any atom is -0.416 e. The average molecular weight is 232 g/mol. The van der Waals surface area contributed by atoms with Gasteiger partial charge in [0.15, 0.2) is 0 Å². The molecule has 0 spiro atoms. The molecule has 4 nitrogen and oxygen atoms in total. The number of aromatic nitrogens is 3. The Morgan fingerprint density at radius 1 is 1.19 bits per heavy atom. The Labute approximate surface area is 95.9 Å². The molecule has 78 valence electrons. The first-order valence-electron chi connectivity index (χ1n) is 4.66. The molecule has 0 bridgehead atoms. The van der Waals surface area contributed by atoms with Gasteiger partial charge in [-0.1, -0.05) is 17.7 Å². The third kappa shape index (κ3) is 1.53. The van der Waals surface area contributed by atoms with Gasteiger partial charge in [0.2, 0.25) is 11.6 Å². The van der Waals surface area contributed by atoms with Gasteiger partial charge in [0.1, 0.15) is 11.2 Å². The van der Waals surface area contributed by atoms with Gasteiger partial charge in [-0.3, -0.25) is 4.98 Å². The standard InChI is InChI=1S/C11H6ClN3O/c12-7-5-9-10(14-6-7)16-11(15-9)8-3-1-2-4-13-8/h1-6H. The zero-order valence-electron chi connectivity index (χ0n) is 8.09. The number of hydrogen-bond donors (Lipinski definition) is 0. The third-order valence-corrected chi connectivity index (χ3v) is 2.30. The van der Waals surface area contributed by atoms with Crippen LogP contribution in [0.5, 0.6) is 0 Å². The lowest BCUT2D eigenvalue weighted by molar-refractivity contribution is 0.605. The van der Waals surface area contributed by atoms with Crippen LogP contribution in [0, 0.1) is 0 Å². The first-order chi connectivity index (χ1) is 7.83. The second-order valence-corrected chi connectivity index (χ2v) is 3.65. The van der Waals surface area contributed by atoms with Crippen LogP contribution in [0.25, 0.3) is 22.8 Å². The van der Waals surface area contributed by atoms with E-state index in [4.69, 9.17) is 16.0 Å². The van der Waals surface area contributed by atoms with Crippen LogP contribution >= 0.6 is 11.6 Å². The second-order valence-electron chi connectivity index (χ2n) is 3.21. The van der Waals surface area contributed by atoms with Crippen LogP contribution < -0.4 is 0 Å². The Morgan fingerprint density at radius 2 is 2.12 bits per heavy atom. The van der Waals surface area contributed by atoms with Crippen molar-refractivity contribution in [1.82, 2.24) is 15.0 Å². The van der Waals surface area contributed by atoms with Crippen molar-refractivity contribution in [3.63, 3.8) is 0 Å². The maximum Gasteiger partial charge on any atom is 0.248 e.